The number of benzene rings is 1. The highest BCUT2D eigenvalue weighted by molar-refractivity contribution is 6.03. The van der Waals surface area contributed by atoms with Gasteiger partial charge in [-0.15, -0.1) is 0 Å². The van der Waals surface area contributed by atoms with Gasteiger partial charge in [-0.3, -0.25) is 14.5 Å². The molecule has 1 heterocycles. The molecular weight excluding hydrogens is 244 g/mol. The average Bonchev–Trinajstić information content (AvgIpc) is 2.66. The van der Waals surface area contributed by atoms with Crippen LogP contribution in [0.15, 0.2) is 24.3 Å². The molecule has 0 spiro atoms. The molecule has 2 N–H and O–H groups in total. The van der Waals surface area contributed by atoms with Crippen LogP contribution in [0.2, 0.25) is 0 Å². The lowest BCUT2D eigenvalue weighted by Crippen LogP contribution is -2.34. The predicted octanol–water partition coefficient (Wildman–Crippen LogP) is 0.919. The lowest BCUT2D eigenvalue weighted by atomic mass is 10.1. The van der Waals surface area contributed by atoms with Gasteiger partial charge in [0.05, 0.1) is 6.54 Å². The normalized spacial score (nSPS) is 19.1. The Kier molecular flexibility index (Phi) is 4.16. The fourth-order valence-corrected chi connectivity index (χ4v) is 2.06. The van der Waals surface area contributed by atoms with Gasteiger partial charge in [-0.2, -0.15) is 0 Å². The Morgan fingerprint density at radius 1 is 1.32 bits per heavy atom. The minimum atomic E-state index is -0.198. The molecule has 2 amide bonds. The molecular formula is C14H18N2O3. The van der Waals surface area contributed by atoms with E-state index in [1.807, 2.05) is 24.3 Å². The molecule has 5 heteroatoms. The van der Waals surface area contributed by atoms with E-state index in [0.717, 1.165) is 5.56 Å². The number of carbonyl (C=O) groups is 2. The smallest absolute Gasteiger partial charge is 0.232 e. The van der Waals surface area contributed by atoms with E-state index >= 15 is 0 Å². The summed E-state index contributed by atoms with van der Waals surface area (Å²) < 4.78 is 5.51. The van der Waals surface area contributed by atoms with Crippen molar-refractivity contribution in [3.8, 4) is 5.75 Å². The molecule has 1 unspecified atom stereocenters. The Labute approximate surface area is 112 Å². The summed E-state index contributed by atoms with van der Waals surface area (Å²) in [7, 11) is 0. The van der Waals surface area contributed by atoms with Crippen LogP contribution in [0.4, 0.5) is 0 Å². The van der Waals surface area contributed by atoms with Gasteiger partial charge >= 0.3 is 0 Å². The van der Waals surface area contributed by atoms with Crippen molar-refractivity contribution >= 4 is 11.8 Å². The summed E-state index contributed by atoms with van der Waals surface area (Å²) in [5.74, 6) is 0.298. The lowest BCUT2D eigenvalue weighted by Gasteiger charge is -2.14. The van der Waals surface area contributed by atoms with Crippen LogP contribution in [0, 0.1) is 5.92 Å². The molecule has 0 radical (unpaired) electrons. The van der Waals surface area contributed by atoms with E-state index in [9.17, 15) is 9.59 Å². The summed E-state index contributed by atoms with van der Waals surface area (Å²) >= 11 is 0. The van der Waals surface area contributed by atoms with Crippen molar-refractivity contribution in [3.63, 3.8) is 0 Å². The van der Waals surface area contributed by atoms with Crippen molar-refractivity contribution in [3.05, 3.63) is 29.8 Å². The van der Waals surface area contributed by atoms with E-state index < -0.39 is 0 Å². The zero-order valence-corrected chi connectivity index (χ0v) is 11.0. The Morgan fingerprint density at radius 3 is 2.53 bits per heavy atom. The lowest BCUT2D eigenvalue weighted by molar-refractivity contribution is -0.139. The standard InChI is InChI=1S/C14H18N2O3/c1-10-8-13(17)16(14(10)18)6-7-19-12-4-2-11(9-15)3-5-12/h2-5,10H,6-9,15H2,1H3. The van der Waals surface area contributed by atoms with Gasteiger partial charge in [-0.1, -0.05) is 19.1 Å². The molecule has 1 aliphatic heterocycles. The number of rotatable bonds is 5. The summed E-state index contributed by atoms with van der Waals surface area (Å²) in [6.45, 7) is 2.88. The molecule has 0 bridgehead atoms. The monoisotopic (exact) mass is 262 g/mol. The molecule has 2 rings (SSSR count). The van der Waals surface area contributed by atoms with E-state index in [0.29, 0.717) is 31.9 Å². The first kappa shape index (κ1) is 13.5. The second-order valence-electron chi connectivity index (χ2n) is 4.69. The maximum absolute atomic E-state index is 11.7. The number of hydrogen-bond donors (Lipinski definition) is 1. The summed E-state index contributed by atoms with van der Waals surface area (Å²) in [4.78, 5) is 24.5. The maximum atomic E-state index is 11.7. The van der Waals surface area contributed by atoms with Crippen LogP contribution < -0.4 is 10.5 Å². The molecule has 0 aliphatic carbocycles. The van der Waals surface area contributed by atoms with Gasteiger partial charge in [0.1, 0.15) is 12.4 Å². The molecule has 0 saturated carbocycles. The van der Waals surface area contributed by atoms with Gasteiger partial charge in [0.25, 0.3) is 0 Å². The predicted molar refractivity (Wildman–Crippen MR) is 70.3 cm³/mol. The zero-order chi connectivity index (χ0) is 13.8. The van der Waals surface area contributed by atoms with E-state index in [4.69, 9.17) is 10.5 Å². The van der Waals surface area contributed by atoms with Crippen molar-refractivity contribution in [1.29, 1.82) is 0 Å². The number of nitrogens with two attached hydrogens (primary N) is 1. The highest BCUT2D eigenvalue weighted by atomic mass is 16.5. The summed E-state index contributed by atoms with van der Waals surface area (Å²) in [5, 5.41) is 0. The molecule has 1 aliphatic rings. The van der Waals surface area contributed by atoms with Crippen LogP contribution >= 0.6 is 0 Å². The van der Waals surface area contributed by atoms with Crippen molar-refractivity contribution in [1.82, 2.24) is 4.90 Å². The third-order valence-electron chi connectivity index (χ3n) is 3.21. The summed E-state index contributed by atoms with van der Waals surface area (Å²) in [6, 6.07) is 7.45. The third kappa shape index (κ3) is 3.12. The first-order valence-electron chi connectivity index (χ1n) is 6.38. The molecule has 1 saturated heterocycles. The van der Waals surface area contributed by atoms with E-state index in [1.54, 1.807) is 6.92 Å². The largest absolute Gasteiger partial charge is 0.492 e. The molecule has 1 aromatic carbocycles. The third-order valence-corrected chi connectivity index (χ3v) is 3.21. The fraction of sp³-hybridized carbons (Fsp3) is 0.429. The maximum Gasteiger partial charge on any atom is 0.232 e. The Bertz CT molecular complexity index is 470. The molecule has 1 fully saturated rings. The number of amides is 2. The highest BCUT2D eigenvalue weighted by Crippen LogP contribution is 2.18. The van der Waals surface area contributed by atoms with Crippen molar-refractivity contribution in [2.75, 3.05) is 13.2 Å². The number of hydrogen-bond acceptors (Lipinski definition) is 4. The topological polar surface area (TPSA) is 72.6 Å². The summed E-state index contributed by atoms with van der Waals surface area (Å²) in [6.07, 6.45) is 0.310. The van der Waals surface area contributed by atoms with Gasteiger partial charge in [-0.25, -0.2) is 0 Å². The van der Waals surface area contributed by atoms with Crippen molar-refractivity contribution in [2.24, 2.45) is 11.7 Å². The van der Waals surface area contributed by atoms with Crippen LogP contribution in [-0.2, 0) is 16.1 Å². The van der Waals surface area contributed by atoms with Crippen molar-refractivity contribution in [2.45, 2.75) is 19.9 Å². The Balaban J connectivity index is 1.83. The van der Waals surface area contributed by atoms with Gasteiger partial charge in [0.15, 0.2) is 0 Å². The number of nitrogens with zero attached hydrogens (tertiary/aromatic N) is 1. The molecule has 5 nitrogen and oxygen atoms in total. The van der Waals surface area contributed by atoms with Crippen LogP contribution in [-0.4, -0.2) is 29.9 Å². The molecule has 0 aromatic heterocycles. The molecule has 1 aromatic rings. The Hall–Kier alpha value is -1.88. The number of carbonyl (C=O) groups excluding carboxylic acids is 2. The minimum absolute atomic E-state index is 0.105. The number of likely N-dealkylation sites (tertiary alicyclic amines) is 1. The van der Waals surface area contributed by atoms with Crippen LogP contribution in [0.25, 0.3) is 0 Å². The second kappa shape index (κ2) is 5.84. The highest BCUT2D eigenvalue weighted by Gasteiger charge is 2.35. The van der Waals surface area contributed by atoms with Crippen molar-refractivity contribution < 1.29 is 14.3 Å². The first-order valence-corrected chi connectivity index (χ1v) is 6.38. The average molecular weight is 262 g/mol. The SMILES string of the molecule is CC1CC(=O)N(CCOc2ccc(CN)cc2)C1=O. The van der Waals surface area contributed by atoms with Crippen LogP contribution in [0.3, 0.4) is 0 Å². The molecule has 19 heavy (non-hydrogen) atoms. The molecule has 1 atom stereocenters. The zero-order valence-electron chi connectivity index (χ0n) is 11.0. The quantitative estimate of drug-likeness (QED) is 0.801. The van der Waals surface area contributed by atoms with Gasteiger partial charge in [0.2, 0.25) is 11.8 Å². The van der Waals surface area contributed by atoms with Crippen LogP contribution in [0.1, 0.15) is 18.9 Å². The Morgan fingerprint density at radius 2 is 2.00 bits per heavy atom. The van der Waals surface area contributed by atoms with Gasteiger partial charge in [0, 0.05) is 18.9 Å². The minimum Gasteiger partial charge on any atom is -0.492 e. The van der Waals surface area contributed by atoms with E-state index in [1.165, 1.54) is 4.90 Å². The first-order chi connectivity index (χ1) is 9.11. The van der Waals surface area contributed by atoms with E-state index in [2.05, 4.69) is 0 Å². The van der Waals surface area contributed by atoms with Crippen LogP contribution in [0.5, 0.6) is 5.75 Å². The number of imide groups is 1. The number of ether oxygens (including phenoxy) is 1. The molecule has 102 valence electrons. The van der Waals surface area contributed by atoms with Gasteiger partial charge < -0.3 is 10.5 Å². The summed E-state index contributed by atoms with van der Waals surface area (Å²) in [5.41, 5.74) is 6.54. The fourth-order valence-electron chi connectivity index (χ4n) is 2.06. The second-order valence-corrected chi connectivity index (χ2v) is 4.69. The van der Waals surface area contributed by atoms with E-state index in [-0.39, 0.29) is 17.7 Å². The van der Waals surface area contributed by atoms with Gasteiger partial charge in [-0.05, 0) is 17.7 Å².